The molecule has 5 nitrogen and oxygen atoms in total. The minimum atomic E-state index is -0.255. The molecule has 1 aromatic heterocycles. The predicted molar refractivity (Wildman–Crippen MR) is 91.4 cm³/mol. The van der Waals surface area contributed by atoms with Gasteiger partial charge in [0, 0.05) is 12.3 Å². The maximum atomic E-state index is 12.4. The van der Waals surface area contributed by atoms with Gasteiger partial charge in [0.1, 0.15) is 5.75 Å². The number of carbonyl (C=O) groups excluding carboxylic acids is 2. The van der Waals surface area contributed by atoms with Crippen LogP contribution in [0.25, 0.3) is 0 Å². The van der Waals surface area contributed by atoms with Gasteiger partial charge in [0.15, 0.2) is 0 Å². The van der Waals surface area contributed by atoms with E-state index in [1.807, 2.05) is 24.3 Å². The van der Waals surface area contributed by atoms with Crippen LogP contribution in [0.4, 0.5) is 0 Å². The molecule has 3 aromatic rings. The van der Waals surface area contributed by atoms with Crippen LogP contribution in [0.1, 0.15) is 26.3 Å². The summed E-state index contributed by atoms with van der Waals surface area (Å²) in [5.41, 5.74) is 1.77. The van der Waals surface area contributed by atoms with Gasteiger partial charge >= 0.3 is 0 Å². The van der Waals surface area contributed by atoms with Gasteiger partial charge in [0.25, 0.3) is 11.8 Å². The van der Waals surface area contributed by atoms with Crippen molar-refractivity contribution in [1.29, 1.82) is 0 Å². The van der Waals surface area contributed by atoms with E-state index in [4.69, 9.17) is 4.74 Å². The van der Waals surface area contributed by atoms with E-state index in [0.717, 1.165) is 5.56 Å². The molecule has 0 radical (unpaired) electrons. The zero-order valence-corrected chi connectivity index (χ0v) is 13.3. The number of hydrogen-bond donors (Lipinski definition) is 0. The number of nitrogens with zero attached hydrogens (tertiary/aromatic N) is 2. The van der Waals surface area contributed by atoms with E-state index in [2.05, 4.69) is 4.98 Å². The molecule has 0 aliphatic carbocycles. The fourth-order valence-corrected chi connectivity index (χ4v) is 2.76. The van der Waals surface area contributed by atoms with Crippen LogP contribution in [0, 0.1) is 0 Å². The summed E-state index contributed by atoms with van der Waals surface area (Å²) >= 11 is 0. The molecule has 0 spiro atoms. The van der Waals surface area contributed by atoms with E-state index in [-0.39, 0.29) is 18.4 Å². The number of carbonyl (C=O) groups is 2. The van der Waals surface area contributed by atoms with Gasteiger partial charge < -0.3 is 4.74 Å². The standard InChI is InChI=1S/C20H14N2O3/c23-19-16-5-1-2-6-17(16)20(24)22(19)13-14-8-10-15(11-9-14)25-18-7-3-4-12-21-18/h1-12H,13H2. The highest BCUT2D eigenvalue weighted by atomic mass is 16.5. The average molecular weight is 330 g/mol. The Labute approximate surface area is 144 Å². The maximum Gasteiger partial charge on any atom is 0.261 e. The van der Waals surface area contributed by atoms with Crippen molar-refractivity contribution in [1.82, 2.24) is 9.88 Å². The van der Waals surface area contributed by atoms with Crippen LogP contribution in [0.15, 0.2) is 72.9 Å². The van der Waals surface area contributed by atoms with Crippen molar-refractivity contribution in [3.63, 3.8) is 0 Å². The lowest BCUT2D eigenvalue weighted by Gasteiger charge is -2.14. The normalized spacial score (nSPS) is 13.0. The van der Waals surface area contributed by atoms with E-state index in [9.17, 15) is 9.59 Å². The van der Waals surface area contributed by atoms with Gasteiger partial charge in [-0.1, -0.05) is 30.3 Å². The molecule has 25 heavy (non-hydrogen) atoms. The van der Waals surface area contributed by atoms with Crippen LogP contribution in [0.2, 0.25) is 0 Å². The summed E-state index contributed by atoms with van der Waals surface area (Å²) < 4.78 is 5.64. The molecule has 2 aromatic carbocycles. The van der Waals surface area contributed by atoms with Gasteiger partial charge in [-0.3, -0.25) is 14.5 Å². The Morgan fingerprint density at radius 1 is 0.800 bits per heavy atom. The van der Waals surface area contributed by atoms with Gasteiger partial charge in [0.05, 0.1) is 17.7 Å². The quantitative estimate of drug-likeness (QED) is 0.685. The van der Waals surface area contributed by atoms with Crippen molar-refractivity contribution in [2.24, 2.45) is 0 Å². The van der Waals surface area contributed by atoms with E-state index < -0.39 is 0 Å². The number of rotatable bonds is 4. The first-order valence-electron chi connectivity index (χ1n) is 7.85. The molecular weight excluding hydrogens is 316 g/mol. The number of ether oxygens (including phenoxy) is 1. The first-order chi connectivity index (χ1) is 12.2. The van der Waals surface area contributed by atoms with Crippen molar-refractivity contribution in [2.75, 3.05) is 0 Å². The number of hydrogen-bond acceptors (Lipinski definition) is 4. The van der Waals surface area contributed by atoms with Crippen molar-refractivity contribution in [2.45, 2.75) is 6.54 Å². The van der Waals surface area contributed by atoms with Crippen LogP contribution in [0.5, 0.6) is 11.6 Å². The molecule has 0 unspecified atom stereocenters. The number of pyridine rings is 1. The molecule has 1 aliphatic rings. The molecule has 0 bridgehead atoms. The molecule has 4 rings (SSSR count). The summed E-state index contributed by atoms with van der Waals surface area (Å²) in [6, 6.07) is 19.6. The summed E-state index contributed by atoms with van der Waals surface area (Å²) in [6.45, 7) is 0.232. The summed E-state index contributed by atoms with van der Waals surface area (Å²) in [7, 11) is 0. The van der Waals surface area contributed by atoms with Crippen LogP contribution < -0.4 is 4.74 Å². The van der Waals surface area contributed by atoms with Crippen LogP contribution in [-0.4, -0.2) is 21.7 Å². The number of fused-ring (bicyclic) bond motifs is 1. The second-order valence-electron chi connectivity index (χ2n) is 5.66. The minimum absolute atomic E-state index is 0.232. The Kier molecular flexibility index (Phi) is 3.74. The molecular formula is C20H14N2O3. The molecule has 1 aliphatic heterocycles. The molecule has 2 heterocycles. The molecule has 0 atom stereocenters. The lowest BCUT2D eigenvalue weighted by molar-refractivity contribution is 0.0642. The first-order valence-corrected chi connectivity index (χ1v) is 7.85. The highest BCUT2D eigenvalue weighted by Crippen LogP contribution is 2.25. The highest BCUT2D eigenvalue weighted by Gasteiger charge is 2.34. The number of aromatic nitrogens is 1. The molecule has 5 heteroatoms. The summed E-state index contributed by atoms with van der Waals surface area (Å²) in [4.78, 5) is 30.1. The van der Waals surface area contributed by atoms with E-state index in [1.165, 1.54) is 4.90 Å². The third-order valence-electron chi connectivity index (χ3n) is 4.00. The zero-order valence-electron chi connectivity index (χ0n) is 13.3. The second kappa shape index (κ2) is 6.20. The van der Waals surface area contributed by atoms with Gasteiger partial charge in [-0.25, -0.2) is 4.98 Å². The van der Waals surface area contributed by atoms with Gasteiger partial charge in [-0.2, -0.15) is 0 Å². The minimum Gasteiger partial charge on any atom is -0.439 e. The fourth-order valence-electron chi connectivity index (χ4n) is 2.76. The number of imide groups is 1. The first kappa shape index (κ1) is 15.1. The van der Waals surface area contributed by atoms with Gasteiger partial charge in [-0.05, 0) is 35.9 Å². The fraction of sp³-hybridized carbons (Fsp3) is 0.0500. The monoisotopic (exact) mass is 330 g/mol. The SMILES string of the molecule is O=C1c2ccccc2C(=O)N1Cc1ccc(Oc2ccccn2)cc1. The third-order valence-corrected chi connectivity index (χ3v) is 4.00. The van der Waals surface area contributed by atoms with Gasteiger partial charge in [-0.15, -0.1) is 0 Å². The third kappa shape index (κ3) is 2.87. The highest BCUT2D eigenvalue weighted by molar-refractivity contribution is 6.21. The van der Waals surface area contributed by atoms with Crippen LogP contribution in [0.3, 0.4) is 0 Å². The molecule has 0 saturated heterocycles. The van der Waals surface area contributed by atoms with Crippen molar-refractivity contribution < 1.29 is 14.3 Å². The predicted octanol–water partition coefficient (Wildman–Crippen LogP) is 3.67. The summed E-state index contributed by atoms with van der Waals surface area (Å²) in [5, 5.41) is 0. The Balaban J connectivity index is 1.49. The van der Waals surface area contributed by atoms with Gasteiger partial charge in [0.2, 0.25) is 5.88 Å². The van der Waals surface area contributed by atoms with Crippen molar-refractivity contribution >= 4 is 11.8 Å². The van der Waals surface area contributed by atoms with E-state index in [1.54, 1.807) is 48.7 Å². The lowest BCUT2D eigenvalue weighted by atomic mass is 10.1. The summed E-state index contributed by atoms with van der Waals surface area (Å²) in [5.74, 6) is 0.643. The Morgan fingerprint density at radius 3 is 2.04 bits per heavy atom. The van der Waals surface area contributed by atoms with Crippen molar-refractivity contribution in [3.8, 4) is 11.6 Å². The number of benzene rings is 2. The summed E-state index contributed by atoms with van der Waals surface area (Å²) in [6.07, 6.45) is 1.66. The Bertz CT molecular complexity index is 902. The molecule has 0 fully saturated rings. The molecule has 0 N–H and O–H groups in total. The second-order valence-corrected chi connectivity index (χ2v) is 5.66. The van der Waals surface area contributed by atoms with E-state index >= 15 is 0 Å². The lowest BCUT2D eigenvalue weighted by Crippen LogP contribution is -2.29. The smallest absolute Gasteiger partial charge is 0.261 e. The Hall–Kier alpha value is -3.47. The maximum absolute atomic E-state index is 12.4. The van der Waals surface area contributed by atoms with E-state index in [0.29, 0.717) is 22.8 Å². The topological polar surface area (TPSA) is 59.5 Å². The van der Waals surface area contributed by atoms with Crippen LogP contribution in [-0.2, 0) is 6.54 Å². The largest absolute Gasteiger partial charge is 0.439 e. The zero-order chi connectivity index (χ0) is 17.2. The Morgan fingerprint density at radius 2 is 1.44 bits per heavy atom. The number of amides is 2. The molecule has 0 saturated carbocycles. The van der Waals surface area contributed by atoms with Crippen LogP contribution >= 0.6 is 0 Å². The van der Waals surface area contributed by atoms with Crippen molar-refractivity contribution in [3.05, 3.63) is 89.6 Å². The molecule has 2 amide bonds. The average Bonchev–Trinajstić information content (AvgIpc) is 2.89. The molecule has 122 valence electrons.